The number of hydrogen-bond acceptors (Lipinski definition) is 0. The summed E-state index contributed by atoms with van der Waals surface area (Å²) in [6, 6.07) is 45.6. The van der Waals surface area contributed by atoms with Crippen LogP contribution in [0.25, 0.3) is 44.5 Å². The minimum Gasteiger partial charge on any atom is -0.0622 e. The van der Waals surface area contributed by atoms with Gasteiger partial charge in [-0.05, 0) is 63.6 Å². The molecule has 0 radical (unpaired) electrons. The fourth-order valence-corrected chi connectivity index (χ4v) is 4.07. The van der Waals surface area contributed by atoms with Gasteiger partial charge < -0.3 is 0 Å². The van der Waals surface area contributed by atoms with Crippen molar-refractivity contribution in [3.63, 3.8) is 0 Å². The molecule has 0 aliphatic rings. The van der Waals surface area contributed by atoms with Crippen LogP contribution in [0, 0.1) is 6.92 Å². The smallest absolute Gasteiger partial charge is 0.0178 e. The Labute approximate surface area is 184 Å². The highest BCUT2D eigenvalue weighted by Gasteiger charge is 2.05. The molecule has 0 fully saturated rings. The number of hydrogen-bond donors (Lipinski definition) is 0. The van der Waals surface area contributed by atoms with E-state index in [9.17, 15) is 0 Å². The highest BCUT2D eigenvalue weighted by molar-refractivity contribution is 5.78. The molecule has 0 bridgehead atoms. The Balaban J connectivity index is 1.46. The van der Waals surface area contributed by atoms with Gasteiger partial charge in [-0.1, -0.05) is 121 Å². The average molecular weight is 397 g/mol. The van der Waals surface area contributed by atoms with E-state index in [1.165, 1.54) is 50.1 Å². The van der Waals surface area contributed by atoms with Crippen LogP contribution >= 0.6 is 0 Å². The molecule has 5 rings (SSSR count). The van der Waals surface area contributed by atoms with Crippen molar-refractivity contribution in [2.24, 2.45) is 0 Å². The van der Waals surface area contributed by atoms with E-state index in [0.29, 0.717) is 0 Å². The van der Waals surface area contributed by atoms with E-state index in [4.69, 9.17) is 0 Å². The van der Waals surface area contributed by atoms with Gasteiger partial charge in [-0.15, -0.1) is 0 Å². The van der Waals surface area contributed by atoms with E-state index < -0.39 is 0 Å². The zero-order valence-electron chi connectivity index (χ0n) is 17.6. The fraction of sp³-hybridized carbons (Fsp3) is 0.0323. The van der Waals surface area contributed by atoms with Crippen molar-refractivity contribution < 1.29 is 0 Å². The van der Waals surface area contributed by atoms with Gasteiger partial charge in [0.1, 0.15) is 0 Å². The molecule has 0 aromatic heterocycles. The molecule has 0 atom stereocenters. The summed E-state index contributed by atoms with van der Waals surface area (Å²) in [7, 11) is 0. The van der Waals surface area contributed by atoms with Crippen LogP contribution in [0.5, 0.6) is 0 Å². The third-order valence-corrected chi connectivity index (χ3v) is 5.74. The third-order valence-electron chi connectivity index (χ3n) is 5.74. The molecular weight excluding hydrogens is 372 g/mol. The second kappa shape index (κ2) is 8.45. The minimum absolute atomic E-state index is 1.23. The first kappa shape index (κ1) is 19.1. The molecule has 0 aliphatic heterocycles. The van der Waals surface area contributed by atoms with Crippen molar-refractivity contribution in [2.75, 3.05) is 0 Å². The van der Waals surface area contributed by atoms with Crippen LogP contribution in [0.4, 0.5) is 0 Å². The summed E-state index contributed by atoms with van der Waals surface area (Å²) in [5.74, 6) is 0. The molecule has 0 heteroatoms. The maximum absolute atomic E-state index is 2.28. The maximum atomic E-state index is 2.28. The zero-order valence-corrected chi connectivity index (χ0v) is 17.6. The van der Waals surface area contributed by atoms with Crippen LogP contribution in [0.15, 0.2) is 127 Å². The molecule has 148 valence electrons. The van der Waals surface area contributed by atoms with Gasteiger partial charge in [0.15, 0.2) is 0 Å². The Hall–Kier alpha value is -3.90. The van der Waals surface area contributed by atoms with Gasteiger partial charge in [0.25, 0.3) is 0 Å². The second-order valence-corrected chi connectivity index (χ2v) is 7.97. The van der Waals surface area contributed by atoms with E-state index in [1.807, 2.05) is 0 Å². The van der Waals surface area contributed by atoms with E-state index in [2.05, 4.69) is 134 Å². The number of aryl methyl sites for hydroxylation is 1. The van der Waals surface area contributed by atoms with Crippen LogP contribution < -0.4 is 0 Å². The van der Waals surface area contributed by atoms with Crippen molar-refractivity contribution in [2.45, 2.75) is 6.92 Å². The van der Waals surface area contributed by atoms with Crippen LogP contribution in [0.3, 0.4) is 0 Å². The van der Waals surface area contributed by atoms with Crippen molar-refractivity contribution in [1.29, 1.82) is 0 Å². The predicted octanol–water partition coefficient (Wildman–Crippen LogP) is 8.66. The molecule has 0 nitrogen and oxygen atoms in total. The topological polar surface area (TPSA) is 0 Å². The molecule has 0 saturated carbocycles. The standard InChI is InChI=1S/C31H24/c1-23-8-5-11-27(20-23)25-16-18-26(19-17-25)29-13-7-15-31(22-29)30-14-6-12-28(21-30)24-9-3-2-4-10-24/h2-22H,1H3. The largest absolute Gasteiger partial charge is 0.0622 e. The summed E-state index contributed by atoms with van der Waals surface area (Å²) >= 11 is 0. The Morgan fingerprint density at radius 3 is 1.13 bits per heavy atom. The first-order chi connectivity index (χ1) is 15.3. The van der Waals surface area contributed by atoms with Crippen LogP contribution in [0.2, 0.25) is 0 Å². The molecule has 0 saturated heterocycles. The van der Waals surface area contributed by atoms with E-state index in [0.717, 1.165) is 0 Å². The highest BCUT2D eigenvalue weighted by Crippen LogP contribution is 2.31. The normalized spacial score (nSPS) is 10.7. The Morgan fingerprint density at radius 1 is 0.290 bits per heavy atom. The molecule has 31 heavy (non-hydrogen) atoms. The van der Waals surface area contributed by atoms with Crippen LogP contribution in [-0.2, 0) is 0 Å². The van der Waals surface area contributed by atoms with Gasteiger partial charge in [-0.25, -0.2) is 0 Å². The summed E-state index contributed by atoms with van der Waals surface area (Å²) in [6.07, 6.45) is 0. The predicted molar refractivity (Wildman–Crippen MR) is 133 cm³/mol. The zero-order chi connectivity index (χ0) is 21.0. The SMILES string of the molecule is Cc1cccc(-c2ccc(-c3cccc(-c4cccc(-c5ccccc5)c4)c3)cc2)c1. The van der Waals surface area contributed by atoms with E-state index >= 15 is 0 Å². The quantitative estimate of drug-likeness (QED) is 0.285. The van der Waals surface area contributed by atoms with Gasteiger partial charge in [0, 0.05) is 0 Å². The molecule has 0 aliphatic carbocycles. The number of benzene rings is 5. The number of rotatable bonds is 4. The Bertz CT molecular complexity index is 1310. The molecule has 5 aromatic rings. The van der Waals surface area contributed by atoms with Crippen molar-refractivity contribution >= 4 is 0 Å². The van der Waals surface area contributed by atoms with Crippen LogP contribution in [-0.4, -0.2) is 0 Å². The summed E-state index contributed by atoms with van der Waals surface area (Å²) in [6.45, 7) is 2.14. The molecular formula is C31H24. The van der Waals surface area contributed by atoms with Gasteiger partial charge >= 0.3 is 0 Å². The molecule has 5 aromatic carbocycles. The Kier molecular flexibility index (Phi) is 5.21. The molecule has 0 N–H and O–H groups in total. The lowest BCUT2D eigenvalue weighted by Crippen LogP contribution is -1.84. The summed E-state index contributed by atoms with van der Waals surface area (Å²) < 4.78 is 0. The van der Waals surface area contributed by atoms with E-state index in [1.54, 1.807) is 0 Å². The molecule has 0 spiro atoms. The lowest BCUT2D eigenvalue weighted by atomic mass is 9.95. The fourth-order valence-electron chi connectivity index (χ4n) is 4.07. The van der Waals surface area contributed by atoms with Crippen molar-refractivity contribution in [3.8, 4) is 44.5 Å². The maximum Gasteiger partial charge on any atom is -0.0178 e. The van der Waals surface area contributed by atoms with E-state index in [-0.39, 0.29) is 0 Å². The molecule has 0 unspecified atom stereocenters. The minimum atomic E-state index is 1.23. The van der Waals surface area contributed by atoms with Gasteiger partial charge in [0.05, 0.1) is 0 Å². The van der Waals surface area contributed by atoms with Gasteiger partial charge in [-0.2, -0.15) is 0 Å². The Morgan fingerprint density at radius 2 is 0.645 bits per heavy atom. The lowest BCUT2D eigenvalue weighted by molar-refractivity contribution is 1.47. The summed E-state index contributed by atoms with van der Waals surface area (Å²) in [5.41, 5.74) is 11.2. The monoisotopic (exact) mass is 396 g/mol. The first-order valence-corrected chi connectivity index (χ1v) is 10.7. The van der Waals surface area contributed by atoms with Crippen molar-refractivity contribution in [3.05, 3.63) is 133 Å². The second-order valence-electron chi connectivity index (χ2n) is 7.97. The summed E-state index contributed by atoms with van der Waals surface area (Å²) in [4.78, 5) is 0. The van der Waals surface area contributed by atoms with Gasteiger partial charge in [-0.3, -0.25) is 0 Å². The lowest BCUT2D eigenvalue weighted by Gasteiger charge is -2.09. The molecule has 0 heterocycles. The third kappa shape index (κ3) is 4.20. The van der Waals surface area contributed by atoms with Crippen molar-refractivity contribution in [1.82, 2.24) is 0 Å². The van der Waals surface area contributed by atoms with Gasteiger partial charge in [0.2, 0.25) is 0 Å². The average Bonchev–Trinajstić information content (AvgIpc) is 2.85. The highest BCUT2D eigenvalue weighted by atomic mass is 14.1. The first-order valence-electron chi connectivity index (χ1n) is 10.7. The summed E-state index contributed by atoms with van der Waals surface area (Å²) in [5, 5.41) is 0. The molecule has 0 amide bonds. The van der Waals surface area contributed by atoms with Crippen LogP contribution in [0.1, 0.15) is 5.56 Å².